The molecule has 0 aliphatic heterocycles. The van der Waals surface area contributed by atoms with Crippen LogP contribution in [0.5, 0.6) is 5.75 Å². The molecule has 4 unspecified atom stereocenters. The lowest BCUT2D eigenvalue weighted by Gasteiger charge is -2.23. The van der Waals surface area contributed by atoms with Gasteiger partial charge in [-0.25, -0.2) is 4.79 Å². The van der Waals surface area contributed by atoms with Crippen molar-refractivity contribution < 1.29 is 29.7 Å². The average Bonchev–Trinajstić information content (AvgIpc) is 2.64. The minimum atomic E-state index is -1.22. The van der Waals surface area contributed by atoms with Gasteiger partial charge in [0.2, 0.25) is 11.8 Å². The van der Waals surface area contributed by atoms with E-state index in [0.29, 0.717) is 11.3 Å². The smallest absolute Gasteiger partial charge is 0.326 e. The van der Waals surface area contributed by atoms with Crippen molar-refractivity contribution in [3.8, 4) is 5.75 Å². The van der Waals surface area contributed by atoms with Gasteiger partial charge in [-0.2, -0.15) is 11.8 Å². The monoisotopic (exact) mass is 413 g/mol. The first-order valence-electron chi connectivity index (χ1n) is 8.69. The number of aromatic hydroxyl groups is 1. The van der Waals surface area contributed by atoms with Crippen LogP contribution in [0.25, 0.3) is 0 Å². The Balaban J connectivity index is 2.84. The van der Waals surface area contributed by atoms with E-state index in [2.05, 4.69) is 10.6 Å². The summed E-state index contributed by atoms with van der Waals surface area (Å²) in [5, 5.41) is 33.1. The maximum Gasteiger partial charge on any atom is 0.326 e. The molecular weight excluding hydrogens is 386 g/mol. The van der Waals surface area contributed by atoms with Gasteiger partial charge in [-0.3, -0.25) is 9.59 Å². The fourth-order valence-electron chi connectivity index (χ4n) is 2.33. The van der Waals surface area contributed by atoms with Gasteiger partial charge in [0.15, 0.2) is 0 Å². The Bertz CT molecular complexity index is 668. The number of aliphatic hydroxyl groups excluding tert-OH is 1. The molecule has 0 saturated carbocycles. The highest BCUT2D eigenvalue weighted by atomic mass is 32.2. The van der Waals surface area contributed by atoms with E-state index in [1.54, 1.807) is 12.1 Å². The quantitative estimate of drug-likeness (QED) is 0.281. The summed E-state index contributed by atoms with van der Waals surface area (Å²) in [5.41, 5.74) is 6.20. The number of aliphatic carboxylic acids is 1. The molecule has 0 heterocycles. The lowest BCUT2D eigenvalue weighted by Crippen LogP contribution is -2.56. The number of rotatable bonds is 11. The highest BCUT2D eigenvalue weighted by molar-refractivity contribution is 7.98. The number of carboxylic acids is 1. The molecule has 0 aliphatic rings. The van der Waals surface area contributed by atoms with Gasteiger partial charge in [0, 0.05) is 6.42 Å². The minimum absolute atomic E-state index is 0.0116. The van der Waals surface area contributed by atoms with Gasteiger partial charge < -0.3 is 31.7 Å². The second kappa shape index (κ2) is 11.5. The first-order chi connectivity index (χ1) is 13.1. The van der Waals surface area contributed by atoms with Crippen LogP contribution in [0.3, 0.4) is 0 Å². The minimum Gasteiger partial charge on any atom is -0.508 e. The number of aliphatic hydroxyl groups is 1. The molecule has 0 saturated heterocycles. The molecule has 0 spiro atoms. The Morgan fingerprint density at radius 1 is 1.11 bits per heavy atom. The summed E-state index contributed by atoms with van der Waals surface area (Å²) in [5.74, 6) is -1.96. The number of thioether (sulfide) groups is 1. The van der Waals surface area contributed by atoms with Crippen molar-refractivity contribution in [2.75, 3.05) is 12.0 Å². The summed E-state index contributed by atoms with van der Waals surface area (Å²) in [4.78, 5) is 36.2. The molecule has 1 rings (SSSR count). The van der Waals surface area contributed by atoms with E-state index in [-0.39, 0.29) is 18.6 Å². The van der Waals surface area contributed by atoms with Gasteiger partial charge in [-0.1, -0.05) is 12.1 Å². The predicted octanol–water partition coefficient (Wildman–Crippen LogP) is -0.550. The molecule has 4 atom stereocenters. The normalized spacial score (nSPS) is 15.1. The van der Waals surface area contributed by atoms with Crippen LogP contribution in [0.2, 0.25) is 0 Å². The van der Waals surface area contributed by atoms with Crippen molar-refractivity contribution in [1.82, 2.24) is 10.6 Å². The van der Waals surface area contributed by atoms with Gasteiger partial charge in [0.05, 0.1) is 6.10 Å². The zero-order valence-corrected chi connectivity index (χ0v) is 16.6. The maximum atomic E-state index is 12.6. The Morgan fingerprint density at radius 3 is 2.18 bits per heavy atom. The Labute approximate surface area is 167 Å². The number of hydrogen-bond donors (Lipinski definition) is 6. The summed E-state index contributed by atoms with van der Waals surface area (Å²) in [6, 6.07) is 2.58. The highest BCUT2D eigenvalue weighted by Crippen LogP contribution is 2.12. The molecule has 156 valence electrons. The number of nitrogens with two attached hydrogens (primary N) is 1. The lowest BCUT2D eigenvalue weighted by molar-refractivity contribution is -0.142. The molecule has 28 heavy (non-hydrogen) atoms. The first kappa shape index (κ1) is 23.7. The number of amides is 2. The number of carbonyl (C=O) groups is 3. The van der Waals surface area contributed by atoms with E-state index < -0.39 is 42.0 Å². The van der Waals surface area contributed by atoms with E-state index >= 15 is 0 Å². The molecule has 1 aromatic rings. The summed E-state index contributed by atoms with van der Waals surface area (Å²) >= 11 is 1.47. The van der Waals surface area contributed by atoms with Gasteiger partial charge in [0.1, 0.15) is 23.9 Å². The topological polar surface area (TPSA) is 162 Å². The standard InChI is InChI=1S/C18H27N3O6S/c1-10(22)15(19)17(25)20-13(7-8-28-2)16(24)21-14(18(26)27)9-11-3-5-12(23)6-4-11/h3-6,10,13-15,22-23H,7-9,19H2,1-2H3,(H,20,25)(H,21,24)(H,26,27). The number of hydrogen-bond acceptors (Lipinski definition) is 7. The third-order valence-electron chi connectivity index (χ3n) is 4.06. The molecule has 0 fully saturated rings. The summed E-state index contributed by atoms with van der Waals surface area (Å²) in [6.45, 7) is 1.36. The average molecular weight is 413 g/mol. The van der Waals surface area contributed by atoms with Crippen molar-refractivity contribution in [1.29, 1.82) is 0 Å². The third kappa shape index (κ3) is 7.75. The molecule has 1 aromatic carbocycles. The second-order valence-electron chi connectivity index (χ2n) is 6.38. The summed E-state index contributed by atoms with van der Waals surface area (Å²) < 4.78 is 0. The highest BCUT2D eigenvalue weighted by Gasteiger charge is 2.29. The molecule has 0 aliphatic carbocycles. The van der Waals surface area contributed by atoms with Crippen LogP contribution < -0.4 is 16.4 Å². The molecule has 9 nitrogen and oxygen atoms in total. The van der Waals surface area contributed by atoms with Crippen LogP contribution in [0.1, 0.15) is 18.9 Å². The fourth-order valence-corrected chi connectivity index (χ4v) is 2.80. The fraction of sp³-hybridized carbons (Fsp3) is 0.500. The summed E-state index contributed by atoms with van der Waals surface area (Å²) in [7, 11) is 0. The van der Waals surface area contributed by atoms with Gasteiger partial charge >= 0.3 is 5.97 Å². The van der Waals surface area contributed by atoms with E-state index in [4.69, 9.17) is 5.73 Å². The zero-order valence-electron chi connectivity index (χ0n) is 15.8. The van der Waals surface area contributed by atoms with Gasteiger partial charge in [0.25, 0.3) is 0 Å². The number of phenols is 1. The zero-order chi connectivity index (χ0) is 21.3. The van der Waals surface area contributed by atoms with Crippen molar-refractivity contribution in [2.45, 2.75) is 44.0 Å². The van der Waals surface area contributed by atoms with Crippen LogP contribution >= 0.6 is 11.8 Å². The van der Waals surface area contributed by atoms with E-state index in [0.717, 1.165) is 0 Å². The van der Waals surface area contributed by atoms with E-state index in [1.807, 2.05) is 6.26 Å². The Kier molecular flexibility index (Phi) is 9.77. The van der Waals surface area contributed by atoms with Crippen molar-refractivity contribution in [3.05, 3.63) is 29.8 Å². The van der Waals surface area contributed by atoms with Gasteiger partial charge in [-0.05, 0) is 43.0 Å². The van der Waals surface area contributed by atoms with E-state index in [1.165, 1.54) is 30.8 Å². The molecule has 10 heteroatoms. The van der Waals surface area contributed by atoms with Gasteiger partial charge in [-0.15, -0.1) is 0 Å². The van der Waals surface area contributed by atoms with Crippen LogP contribution in [0, 0.1) is 0 Å². The van der Waals surface area contributed by atoms with Crippen LogP contribution in [-0.2, 0) is 20.8 Å². The molecule has 2 amide bonds. The number of nitrogens with one attached hydrogen (secondary N) is 2. The van der Waals surface area contributed by atoms with Crippen molar-refractivity contribution >= 4 is 29.5 Å². The second-order valence-corrected chi connectivity index (χ2v) is 7.36. The Hall–Kier alpha value is -2.30. The third-order valence-corrected chi connectivity index (χ3v) is 4.70. The number of carboxylic acid groups (broad SMARTS) is 1. The van der Waals surface area contributed by atoms with Crippen LogP contribution in [-0.4, -0.2) is 69.3 Å². The van der Waals surface area contributed by atoms with Crippen LogP contribution in [0.15, 0.2) is 24.3 Å². The molecule has 0 bridgehead atoms. The summed E-state index contributed by atoms with van der Waals surface area (Å²) in [6.07, 6.45) is 1.03. The largest absolute Gasteiger partial charge is 0.508 e. The molecular formula is C18H27N3O6S. The van der Waals surface area contributed by atoms with Crippen molar-refractivity contribution in [2.24, 2.45) is 5.73 Å². The number of benzene rings is 1. The molecule has 0 aromatic heterocycles. The number of phenolic OH excluding ortho intramolecular Hbond substituents is 1. The molecule has 7 N–H and O–H groups in total. The van der Waals surface area contributed by atoms with E-state index in [9.17, 15) is 29.7 Å². The van der Waals surface area contributed by atoms with Crippen molar-refractivity contribution in [3.63, 3.8) is 0 Å². The van der Waals surface area contributed by atoms with Crippen LogP contribution in [0.4, 0.5) is 0 Å². The lowest BCUT2D eigenvalue weighted by atomic mass is 10.0. The SMILES string of the molecule is CSCCC(NC(=O)C(N)C(C)O)C(=O)NC(Cc1ccc(O)cc1)C(=O)O. The number of carbonyl (C=O) groups excluding carboxylic acids is 2. The predicted molar refractivity (Wildman–Crippen MR) is 106 cm³/mol. The maximum absolute atomic E-state index is 12.6. The first-order valence-corrected chi connectivity index (χ1v) is 10.1. The Morgan fingerprint density at radius 2 is 1.68 bits per heavy atom. The molecule has 0 radical (unpaired) electrons.